The van der Waals surface area contributed by atoms with Gasteiger partial charge >= 0.3 is 0 Å². The minimum Gasteiger partial charge on any atom is -0.494 e. The number of nitrogens with zero attached hydrogens (tertiary/aromatic N) is 2. The van der Waals surface area contributed by atoms with Crippen LogP contribution in [0.15, 0.2) is 45.5 Å². The van der Waals surface area contributed by atoms with Crippen molar-refractivity contribution < 1.29 is 44.9 Å². The van der Waals surface area contributed by atoms with Gasteiger partial charge in [-0.15, -0.1) is 9.45 Å². The molecule has 0 aliphatic carbocycles. The number of sulfone groups is 1. The number of nitrogens with one attached hydrogen (secondary N) is 1. The summed E-state index contributed by atoms with van der Waals surface area (Å²) in [5.41, 5.74) is 2.43. The Kier molecular flexibility index (Phi) is 10.2. The van der Waals surface area contributed by atoms with E-state index >= 15 is 0 Å². The molecule has 2 aromatic carbocycles. The lowest BCUT2D eigenvalue weighted by atomic mass is 10.1. The van der Waals surface area contributed by atoms with Crippen LogP contribution in [0.4, 0.5) is 17.1 Å². The Morgan fingerprint density at radius 3 is 2.38 bits per heavy atom. The molecule has 2 rings (SSSR count). The molecular formula is C18H23N3O10S3. The predicted molar refractivity (Wildman–Crippen MR) is 124 cm³/mol. The highest BCUT2D eigenvalue weighted by Crippen LogP contribution is 2.34. The fourth-order valence-corrected chi connectivity index (χ4v) is 4.41. The van der Waals surface area contributed by atoms with E-state index in [1.54, 1.807) is 26.0 Å². The highest BCUT2D eigenvalue weighted by atomic mass is 32.2. The van der Waals surface area contributed by atoms with Crippen LogP contribution in [-0.2, 0) is 33.5 Å². The van der Waals surface area contributed by atoms with E-state index in [0.717, 1.165) is 0 Å². The predicted octanol–water partition coefficient (Wildman–Crippen LogP) is 3.76. The van der Waals surface area contributed by atoms with Gasteiger partial charge in [-0.3, -0.25) is 8.74 Å². The molecule has 3 N–H and O–H groups in total. The van der Waals surface area contributed by atoms with Crippen molar-refractivity contribution in [1.29, 1.82) is 0 Å². The molecule has 13 nitrogen and oxygen atoms in total. The van der Waals surface area contributed by atoms with Crippen LogP contribution in [0.5, 0.6) is 5.75 Å². The second kappa shape index (κ2) is 12.4. The standard InChI is InChI=1S/C18H23N3O10S3/c1-12-9-16(13(2)8-15(12)19-11-34(25,26)27)20-21-17-10-14(4-5-18(17)28-3)33(23,24)7-6-29-32-31-30-22/h4-5,8-10,19,22H,6-7,11H2,1-3H3,(H,25,26,27)/b21-20+. The SMILES string of the molecule is COc1ccc(S(=O)(=O)CCOSOOO)cc1/N=N/c1cc(C)c(NCS(=O)(=O)O)cc1C. The maximum absolute atomic E-state index is 12.6. The van der Waals surface area contributed by atoms with Crippen molar-refractivity contribution in [2.75, 3.05) is 30.7 Å². The number of methoxy groups -OCH3 is 1. The van der Waals surface area contributed by atoms with E-state index in [1.165, 1.54) is 25.3 Å². The van der Waals surface area contributed by atoms with Gasteiger partial charge < -0.3 is 10.1 Å². The number of ether oxygens (including phenoxy) is 1. The first-order chi connectivity index (χ1) is 16.0. The molecule has 34 heavy (non-hydrogen) atoms. The highest BCUT2D eigenvalue weighted by Gasteiger charge is 2.17. The number of benzene rings is 2. The molecule has 0 bridgehead atoms. The molecule has 0 radical (unpaired) electrons. The number of hydrogen-bond donors (Lipinski definition) is 3. The summed E-state index contributed by atoms with van der Waals surface area (Å²) < 4.78 is 70.0. The Hall–Kier alpha value is -2.31. The summed E-state index contributed by atoms with van der Waals surface area (Å²) in [6.07, 6.45) is 0. The van der Waals surface area contributed by atoms with E-state index in [4.69, 9.17) is 18.7 Å². The number of azo groups is 1. The molecular weight excluding hydrogens is 514 g/mol. The Labute approximate surface area is 201 Å². The minimum absolute atomic E-state index is 0.0344. The lowest BCUT2D eigenvalue weighted by Crippen LogP contribution is -2.13. The second-order valence-corrected chi connectivity index (χ2v) is 10.8. The molecule has 0 heterocycles. The van der Waals surface area contributed by atoms with Crippen molar-refractivity contribution in [3.05, 3.63) is 41.5 Å². The van der Waals surface area contributed by atoms with Crippen molar-refractivity contribution >= 4 is 49.3 Å². The fraction of sp³-hybridized carbons (Fsp3) is 0.333. The topological polar surface area (TPSA) is 182 Å². The first-order valence-corrected chi connectivity index (χ1v) is 13.3. The number of aryl methyl sites for hydroxylation is 2. The second-order valence-electron chi connectivity index (χ2n) is 6.74. The average Bonchev–Trinajstić information content (AvgIpc) is 2.77. The molecule has 0 spiro atoms. The first-order valence-electron chi connectivity index (χ1n) is 9.36. The molecule has 0 atom stereocenters. The monoisotopic (exact) mass is 537 g/mol. The van der Waals surface area contributed by atoms with E-state index in [-0.39, 0.29) is 35.3 Å². The summed E-state index contributed by atoms with van der Waals surface area (Å²) in [7, 11) is -6.53. The lowest BCUT2D eigenvalue weighted by Gasteiger charge is -2.11. The highest BCUT2D eigenvalue weighted by molar-refractivity contribution is 7.91. The van der Waals surface area contributed by atoms with Crippen LogP contribution in [0.25, 0.3) is 0 Å². The summed E-state index contributed by atoms with van der Waals surface area (Å²) >= 11 is 0.275. The van der Waals surface area contributed by atoms with Crippen LogP contribution in [0.1, 0.15) is 11.1 Å². The third kappa shape index (κ3) is 8.48. The first kappa shape index (κ1) is 27.9. The van der Waals surface area contributed by atoms with Crippen LogP contribution in [0.2, 0.25) is 0 Å². The molecule has 16 heteroatoms. The quantitative estimate of drug-likeness (QED) is 0.0841. The fourth-order valence-electron chi connectivity index (χ4n) is 2.64. The zero-order valence-electron chi connectivity index (χ0n) is 18.3. The van der Waals surface area contributed by atoms with E-state index in [9.17, 15) is 16.8 Å². The Morgan fingerprint density at radius 1 is 1.03 bits per heavy atom. The summed E-state index contributed by atoms with van der Waals surface area (Å²) in [4.78, 5) is -0.0344. The van der Waals surface area contributed by atoms with Gasteiger partial charge in [-0.25, -0.2) is 13.7 Å². The third-order valence-electron chi connectivity index (χ3n) is 4.30. The van der Waals surface area contributed by atoms with Gasteiger partial charge in [0.1, 0.15) is 17.3 Å². The molecule has 0 saturated heterocycles. The van der Waals surface area contributed by atoms with Crippen LogP contribution >= 0.6 is 12.3 Å². The Balaban J connectivity index is 2.25. The van der Waals surface area contributed by atoms with Crippen LogP contribution < -0.4 is 10.1 Å². The van der Waals surface area contributed by atoms with E-state index in [0.29, 0.717) is 28.3 Å². The van der Waals surface area contributed by atoms with Crippen LogP contribution in [-0.4, -0.2) is 52.0 Å². The van der Waals surface area contributed by atoms with Gasteiger partial charge in [0, 0.05) is 5.69 Å². The van der Waals surface area contributed by atoms with Crippen molar-refractivity contribution in [3.63, 3.8) is 0 Å². The zero-order chi connectivity index (χ0) is 25.4. The molecule has 188 valence electrons. The van der Waals surface area contributed by atoms with Gasteiger partial charge in [0.15, 0.2) is 22.2 Å². The van der Waals surface area contributed by atoms with Gasteiger partial charge in [-0.1, -0.05) is 5.04 Å². The van der Waals surface area contributed by atoms with Gasteiger partial charge in [-0.05, 0) is 55.3 Å². The molecule has 0 saturated carbocycles. The minimum atomic E-state index is -4.19. The third-order valence-corrected chi connectivity index (χ3v) is 6.87. The molecule has 2 aromatic rings. The van der Waals surface area contributed by atoms with Gasteiger partial charge in [0.05, 0.1) is 30.1 Å². The molecule has 0 aromatic heterocycles. The maximum atomic E-state index is 12.6. The molecule has 0 aliphatic rings. The smallest absolute Gasteiger partial charge is 0.283 e. The maximum Gasteiger partial charge on any atom is 0.283 e. The molecule has 0 amide bonds. The van der Waals surface area contributed by atoms with Crippen molar-refractivity contribution in [2.24, 2.45) is 10.2 Å². The van der Waals surface area contributed by atoms with Gasteiger partial charge in [0.2, 0.25) is 0 Å². The number of rotatable bonds is 13. The van der Waals surface area contributed by atoms with Crippen molar-refractivity contribution in [2.45, 2.75) is 18.7 Å². The largest absolute Gasteiger partial charge is 0.494 e. The van der Waals surface area contributed by atoms with Crippen LogP contribution in [0, 0.1) is 13.8 Å². The van der Waals surface area contributed by atoms with Crippen molar-refractivity contribution in [1.82, 2.24) is 0 Å². The summed E-state index contributed by atoms with van der Waals surface area (Å²) in [6.45, 7) is 3.21. The van der Waals surface area contributed by atoms with Crippen LogP contribution in [0.3, 0.4) is 0 Å². The van der Waals surface area contributed by atoms with Crippen molar-refractivity contribution in [3.8, 4) is 5.75 Å². The average molecular weight is 538 g/mol. The summed E-state index contributed by atoms with van der Waals surface area (Å²) in [5, 5.41) is 22.3. The number of anilines is 1. The zero-order valence-corrected chi connectivity index (χ0v) is 20.7. The number of hydrogen-bond acceptors (Lipinski definition) is 13. The lowest BCUT2D eigenvalue weighted by molar-refractivity contribution is -0.434. The van der Waals surface area contributed by atoms with E-state index < -0.39 is 25.8 Å². The van der Waals surface area contributed by atoms with E-state index in [2.05, 4.69) is 24.9 Å². The molecule has 0 fully saturated rings. The Morgan fingerprint density at radius 2 is 1.74 bits per heavy atom. The molecule has 0 aliphatic heterocycles. The summed E-state index contributed by atoms with van der Waals surface area (Å²) in [6, 6.07) is 7.42. The Bertz CT molecular complexity index is 1230. The van der Waals surface area contributed by atoms with Gasteiger partial charge in [0.25, 0.3) is 10.1 Å². The van der Waals surface area contributed by atoms with Gasteiger partial charge in [-0.2, -0.15) is 13.5 Å². The summed E-state index contributed by atoms with van der Waals surface area (Å²) in [5.74, 6) is -0.726. The van der Waals surface area contributed by atoms with E-state index in [1.807, 2.05) is 0 Å². The normalized spacial score (nSPS) is 12.3. The molecule has 0 unspecified atom stereocenters.